The molecule has 0 radical (unpaired) electrons. The lowest BCUT2D eigenvalue weighted by molar-refractivity contribution is 0.0555. The molecule has 1 aromatic heterocycles. The minimum absolute atomic E-state index is 0.131. The van der Waals surface area contributed by atoms with Crippen LogP contribution in [0, 0.1) is 0 Å². The Morgan fingerprint density at radius 2 is 2.39 bits per heavy atom. The van der Waals surface area contributed by atoms with E-state index in [0.717, 1.165) is 11.3 Å². The number of thiazole rings is 1. The highest BCUT2D eigenvalue weighted by Crippen LogP contribution is 2.13. The molecule has 0 bridgehead atoms. The average Bonchev–Trinajstić information content (AvgIpc) is 2.85. The van der Waals surface area contributed by atoms with E-state index in [1.54, 1.807) is 7.11 Å². The second-order valence-electron chi connectivity index (χ2n) is 3.17. The lowest BCUT2D eigenvalue weighted by Crippen LogP contribution is -2.26. The Morgan fingerprint density at radius 3 is 3.06 bits per heavy atom. The molecule has 98 valence electrons. The summed E-state index contributed by atoms with van der Waals surface area (Å²) in [6, 6.07) is 0. The van der Waals surface area contributed by atoms with Crippen molar-refractivity contribution in [2.75, 3.05) is 26.9 Å². The molecule has 18 heavy (non-hydrogen) atoms. The molecular weight excluding hydrogens is 256 g/mol. The minimum Gasteiger partial charge on any atom is -0.457 e. The highest BCUT2D eigenvalue weighted by Gasteiger charge is 2.15. The molecule has 6 nitrogen and oxygen atoms in total. The van der Waals surface area contributed by atoms with Gasteiger partial charge in [-0.25, -0.2) is 9.78 Å². The van der Waals surface area contributed by atoms with Crippen LogP contribution in [0.25, 0.3) is 0 Å². The Morgan fingerprint density at radius 1 is 1.61 bits per heavy atom. The molecule has 0 fully saturated rings. The van der Waals surface area contributed by atoms with Gasteiger partial charge in [-0.2, -0.15) is 0 Å². The third-order valence-electron chi connectivity index (χ3n) is 1.83. The molecule has 1 heterocycles. The van der Waals surface area contributed by atoms with Gasteiger partial charge in [0.25, 0.3) is 5.91 Å². The first-order valence-electron chi connectivity index (χ1n) is 5.20. The first-order valence-corrected chi connectivity index (χ1v) is 6.01. The Balaban J connectivity index is 2.54. The molecule has 7 heteroatoms. The normalized spacial score (nSPS) is 9.83. The van der Waals surface area contributed by atoms with E-state index in [0.29, 0.717) is 13.2 Å². The van der Waals surface area contributed by atoms with Gasteiger partial charge in [-0.05, 0) is 0 Å². The molecule has 1 amide bonds. The maximum Gasteiger partial charge on any atom is 0.350 e. The zero-order valence-electron chi connectivity index (χ0n) is 9.97. The van der Waals surface area contributed by atoms with E-state index in [1.807, 2.05) is 0 Å². The number of nitrogens with zero attached hydrogens (tertiary/aromatic N) is 1. The Hall–Kier alpha value is -1.73. The van der Waals surface area contributed by atoms with Crippen LogP contribution in [0.5, 0.6) is 0 Å². The van der Waals surface area contributed by atoms with Crippen molar-refractivity contribution >= 4 is 23.2 Å². The number of esters is 1. The molecular formula is C11H14N2O4S. The molecule has 0 aromatic carbocycles. The zero-order valence-corrected chi connectivity index (χ0v) is 10.8. The van der Waals surface area contributed by atoms with Gasteiger partial charge in [0.15, 0.2) is 5.01 Å². The number of amides is 1. The Bertz CT molecular complexity index is 430. The number of carbonyl (C=O) groups is 2. The van der Waals surface area contributed by atoms with Crippen molar-refractivity contribution in [3.05, 3.63) is 28.7 Å². The molecule has 0 unspecified atom stereocenters. The third-order valence-corrected chi connectivity index (χ3v) is 2.80. The maximum absolute atomic E-state index is 11.6. The molecule has 0 spiro atoms. The highest BCUT2D eigenvalue weighted by molar-refractivity contribution is 7.15. The van der Waals surface area contributed by atoms with E-state index in [4.69, 9.17) is 9.47 Å². The van der Waals surface area contributed by atoms with Gasteiger partial charge in [0.1, 0.15) is 11.5 Å². The Labute approximate surface area is 109 Å². The standard InChI is InChI=1S/C11H14N2O4S/c1-3-5-17-11(15)8-7-13-10(18-8)9(14)12-4-6-16-2/h3,7H,1,4-6H2,2H3,(H,12,14). The molecule has 1 N–H and O–H groups in total. The van der Waals surface area contributed by atoms with E-state index in [2.05, 4.69) is 16.9 Å². The summed E-state index contributed by atoms with van der Waals surface area (Å²) in [6.45, 7) is 4.38. The highest BCUT2D eigenvalue weighted by atomic mass is 32.1. The number of carbonyl (C=O) groups excluding carboxylic acids is 2. The molecule has 1 rings (SSSR count). The van der Waals surface area contributed by atoms with Gasteiger partial charge in [0.05, 0.1) is 12.8 Å². The monoisotopic (exact) mass is 270 g/mol. The van der Waals surface area contributed by atoms with E-state index >= 15 is 0 Å². The molecule has 0 saturated heterocycles. The molecule has 0 saturated carbocycles. The van der Waals surface area contributed by atoms with Crippen LogP contribution in [-0.2, 0) is 9.47 Å². The quantitative estimate of drug-likeness (QED) is 0.452. The second kappa shape index (κ2) is 7.57. The molecule has 1 aromatic rings. The number of rotatable bonds is 7. The third kappa shape index (κ3) is 4.27. The summed E-state index contributed by atoms with van der Waals surface area (Å²) in [4.78, 5) is 27.2. The number of hydrogen-bond acceptors (Lipinski definition) is 6. The number of aromatic nitrogens is 1. The van der Waals surface area contributed by atoms with E-state index in [9.17, 15) is 9.59 Å². The molecule has 0 aliphatic carbocycles. The molecule has 0 aliphatic rings. The molecule has 0 aliphatic heterocycles. The van der Waals surface area contributed by atoms with Crippen molar-refractivity contribution in [3.8, 4) is 0 Å². The van der Waals surface area contributed by atoms with Crippen molar-refractivity contribution in [1.29, 1.82) is 0 Å². The zero-order chi connectivity index (χ0) is 13.4. The number of ether oxygens (including phenoxy) is 2. The van der Waals surface area contributed by atoms with Gasteiger partial charge in [-0.3, -0.25) is 4.79 Å². The lowest BCUT2D eigenvalue weighted by Gasteiger charge is -2.00. The van der Waals surface area contributed by atoms with Crippen LogP contribution in [0.15, 0.2) is 18.9 Å². The summed E-state index contributed by atoms with van der Waals surface area (Å²) in [5.41, 5.74) is 0. The fourth-order valence-electron chi connectivity index (χ4n) is 1.02. The van der Waals surface area contributed by atoms with Crippen LogP contribution in [0.4, 0.5) is 0 Å². The van der Waals surface area contributed by atoms with Gasteiger partial charge >= 0.3 is 5.97 Å². The molecule has 0 atom stereocenters. The first-order chi connectivity index (χ1) is 8.69. The van der Waals surface area contributed by atoms with Gasteiger partial charge in [-0.15, -0.1) is 11.3 Å². The Kier molecular flexibility index (Phi) is 6.03. The second-order valence-corrected chi connectivity index (χ2v) is 4.20. The predicted octanol–water partition coefficient (Wildman–Crippen LogP) is 0.862. The minimum atomic E-state index is -0.511. The first kappa shape index (κ1) is 14.3. The van der Waals surface area contributed by atoms with Crippen molar-refractivity contribution in [2.45, 2.75) is 0 Å². The van der Waals surface area contributed by atoms with E-state index in [-0.39, 0.29) is 22.4 Å². The van der Waals surface area contributed by atoms with Gasteiger partial charge in [-0.1, -0.05) is 12.7 Å². The van der Waals surface area contributed by atoms with Crippen molar-refractivity contribution in [3.63, 3.8) is 0 Å². The van der Waals surface area contributed by atoms with Crippen LogP contribution in [0.1, 0.15) is 19.5 Å². The van der Waals surface area contributed by atoms with E-state index < -0.39 is 5.97 Å². The fraction of sp³-hybridized carbons (Fsp3) is 0.364. The van der Waals surface area contributed by atoms with Gasteiger partial charge in [0, 0.05) is 13.7 Å². The summed E-state index contributed by atoms with van der Waals surface area (Å²) in [5, 5.41) is 2.83. The van der Waals surface area contributed by atoms with Crippen molar-refractivity contribution < 1.29 is 19.1 Å². The lowest BCUT2D eigenvalue weighted by atomic mass is 10.5. The van der Waals surface area contributed by atoms with Gasteiger partial charge < -0.3 is 14.8 Å². The fourth-order valence-corrected chi connectivity index (χ4v) is 1.75. The average molecular weight is 270 g/mol. The van der Waals surface area contributed by atoms with Crippen molar-refractivity contribution in [2.24, 2.45) is 0 Å². The number of nitrogens with one attached hydrogen (secondary N) is 1. The SMILES string of the molecule is C=CCOC(=O)c1cnc(C(=O)NCCOC)s1. The van der Waals surface area contributed by atoms with Crippen LogP contribution < -0.4 is 5.32 Å². The summed E-state index contributed by atoms with van der Waals surface area (Å²) >= 11 is 0.985. The summed E-state index contributed by atoms with van der Waals surface area (Å²) in [6.07, 6.45) is 2.79. The largest absolute Gasteiger partial charge is 0.457 e. The predicted molar refractivity (Wildman–Crippen MR) is 66.8 cm³/mol. The van der Waals surface area contributed by atoms with Crippen LogP contribution in [0.2, 0.25) is 0 Å². The van der Waals surface area contributed by atoms with Gasteiger partial charge in [0.2, 0.25) is 0 Å². The number of hydrogen-bond donors (Lipinski definition) is 1. The summed E-state index contributed by atoms with van der Waals surface area (Å²) in [7, 11) is 1.54. The van der Waals surface area contributed by atoms with Crippen LogP contribution in [0.3, 0.4) is 0 Å². The summed E-state index contributed by atoms with van der Waals surface area (Å²) in [5.74, 6) is -0.844. The number of methoxy groups -OCH3 is 1. The van der Waals surface area contributed by atoms with Crippen LogP contribution in [-0.4, -0.2) is 43.7 Å². The smallest absolute Gasteiger partial charge is 0.350 e. The van der Waals surface area contributed by atoms with Crippen molar-refractivity contribution in [1.82, 2.24) is 10.3 Å². The summed E-state index contributed by atoms with van der Waals surface area (Å²) < 4.78 is 9.63. The van der Waals surface area contributed by atoms with E-state index in [1.165, 1.54) is 12.3 Å². The maximum atomic E-state index is 11.6. The topological polar surface area (TPSA) is 77.5 Å². The van der Waals surface area contributed by atoms with Crippen LogP contribution >= 0.6 is 11.3 Å².